The minimum Gasteiger partial charge on any atom is -0.496 e. The molecule has 0 fully saturated rings. The standard InChI is InChI=1S/C15H13IO3/c1-18-14-9-11(10-6-4-3-5-7-10)13(16)8-12(14)15(17)19-2/h3-9H,1-2H3. The quantitative estimate of drug-likeness (QED) is 0.612. The van der Waals surface area contributed by atoms with Crippen molar-refractivity contribution in [3.05, 3.63) is 51.6 Å². The van der Waals surface area contributed by atoms with Gasteiger partial charge >= 0.3 is 5.97 Å². The third-order valence-electron chi connectivity index (χ3n) is 2.78. The molecule has 0 saturated heterocycles. The van der Waals surface area contributed by atoms with E-state index < -0.39 is 5.97 Å². The summed E-state index contributed by atoms with van der Waals surface area (Å²) in [7, 11) is 2.91. The summed E-state index contributed by atoms with van der Waals surface area (Å²) < 4.78 is 11.0. The van der Waals surface area contributed by atoms with Crippen molar-refractivity contribution in [1.29, 1.82) is 0 Å². The van der Waals surface area contributed by atoms with E-state index in [1.807, 2.05) is 36.4 Å². The molecule has 0 aliphatic heterocycles. The Morgan fingerprint density at radius 1 is 1.11 bits per heavy atom. The molecule has 0 bridgehead atoms. The molecule has 0 unspecified atom stereocenters. The van der Waals surface area contributed by atoms with Crippen molar-refractivity contribution < 1.29 is 14.3 Å². The van der Waals surface area contributed by atoms with E-state index in [9.17, 15) is 4.79 Å². The van der Waals surface area contributed by atoms with Gasteiger partial charge in [0.25, 0.3) is 0 Å². The summed E-state index contributed by atoms with van der Waals surface area (Å²) in [6, 6.07) is 13.6. The van der Waals surface area contributed by atoms with Crippen molar-refractivity contribution in [2.24, 2.45) is 0 Å². The lowest BCUT2D eigenvalue weighted by Gasteiger charge is -2.11. The molecule has 3 nitrogen and oxygen atoms in total. The van der Waals surface area contributed by atoms with Gasteiger partial charge in [0.05, 0.1) is 14.2 Å². The SMILES string of the molecule is COC(=O)c1cc(I)c(-c2ccccc2)cc1OC. The Morgan fingerprint density at radius 2 is 1.79 bits per heavy atom. The average Bonchev–Trinajstić information content (AvgIpc) is 2.47. The first kappa shape index (κ1) is 13.9. The number of hydrogen-bond donors (Lipinski definition) is 0. The largest absolute Gasteiger partial charge is 0.496 e. The predicted octanol–water partition coefficient (Wildman–Crippen LogP) is 3.75. The van der Waals surface area contributed by atoms with Gasteiger partial charge in [0.1, 0.15) is 11.3 Å². The maximum absolute atomic E-state index is 11.7. The Balaban J connectivity index is 2.57. The summed E-state index contributed by atoms with van der Waals surface area (Å²) in [6.07, 6.45) is 0. The van der Waals surface area contributed by atoms with Crippen molar-refractivity contribution >= 4 is 28.6 Å². The normalized spacial score (nSPS) is 10.1. The highest BCUT2D eigenvalue weighted by molar-refractivity contribution is 14.1. The van der Waals surface area contributed by atoms with Gasteiger partial charge in [-0.2, -0.15) is 0 Å². The van der Waals surface area contributed by atoms with Gasteiger partial charge in [-0.1, -0.05) is 30.3 Å². The van der Waals surface area contributed by atoms with Crippen LogP contribution < -0.4 is 4.74 Å². The van der Waals surface area contributed by atoms with Crippen LogP contribution >= 0.6 is 22.6 Å². The molecular weight excluding hydrogens is 355 g/mol. The number of methoxy groups -OCH3 is 2. The van der Waals surface area contributed by atoms with Crippen LogP contribution in [0.2, 0.25) is 0 Å². The van der Waals surface area contributed by atoms with Crippen molar-refractivity contribution in [2.45, 2.75) is 0 Å². The maximum atomic E-state index is 11.7. The minimum atomic E-state index is -0.394. The fraction of sp³-hybridized carbons (Fsp3) is 0.133. The van der Waals surface area contributed by atoms with E-state index in [1.54, 1.807) is 13.2 Å². The van der Waals surface area contributed by atoms with Gasteiger partial charge in [0, 0.05) is 3.57 Å². The highest BCUT2D eigenvalue weighted by atomic mass is 127. The molecule has 0 saturated carbocycles. The second kappa shape index (κ2) is 6.06. The molecule has 19 heavy (non-hydrogen) atoms. The first-order valence-electron chi connectivity index (χ1n) is 5.68. The zero-order valence-corrected chi connectivity index (χ0v) is 12.8. The number of ether oxygens (including phenoxy) is 2. The van der Waals surface area contributed by atoms with E-state index in [0.717, 1.165) is 14.7 Å². The third-order valence-corrected chi connectivity index (χ3v) is 3.67. The van der Waals surface area contributed by atoms with Crippen LogP contribution in [0.15, 0.2) is 42.5 Å². The Labute approximate surface area is 125 Å². The molecule has 0 radical (unpaired) electrons. The third kappa shape index (κ3) is 2.89. The van der Waals surface area contributed by atoms with Crippen LogP contribution in [0.1, 0.15) is 10.4 Å². The van der Waals surface area contributed by atoms with Crippen LogP contribution in [0, 0.1) is 3.57 Å². The molecule has 0 atom stereocenters. The molecule has 0 aliphatic carbocycles. The minimum absolute atomic E-state index is 0.394. The average molecular weight is 368 g/mol. The summed E-state index contributed by atoms with van der Waals surface area (Å²) in [6.45, 7) is 0. The molecule has 4 heteroatoms. The number of rotatable bonds is 3. The van der Waals surface area contributed by atoms with Crippen LogP contribution in [0.25, 0.3) is 11.1 Å². The van der Waals surface area contributed by atoms with Crippen LogP contribution in [0.4, 0.5) is 0 Å². The molecule has 2 aromatic carbocycles. The smallest absolute Gasteiger partial charge is 0.341 e. The lowest BCUT2D eigenvalue weighted by atomic mass is 10.0. The zero-order valence-electron chi connectivity index (χ0n) is 10.6. The van der Waals surface area contributed by atoms with Crippen molar-refractivity contribution in [3.63, 3.8) is 0 Å². The fourth-order valence-corrected chi connectivity index (χ4v) is 2.61. The van der Waals surface area contributed by atoms with E-state index in [4.69, 9.17) is 9.47 Å². The summed E-state index contributed by atoms with van der Waals surface area (Å²) in [5, 5.41) is 0. The number of benzene rings is 2. The molecule has 0 N–H and O–H groups in total. The number of carbonyl (C=O) groups is 1. The number of esters is 1. The van der Waals surface area contributed by atoms with Gasteiger partial charge < -0.3 is 9.47 Å². The predicted molar refractivity (Wildman–Crippen MR) is 82.5 cm³/mol. The van der Waals surface area contributed by atoms with Gasteiger partial charge in [-0.05, 0) is 45.9 Å². The molecule has 0 aromatic heterocycles. The molecule has 2 aromatic rings. The summed E-state index contributed by atoms with van der Waals surface area (Å²) in [5.74, 6) is 0.125. The summed E-state index contributed by atoms with van der Waals surface area (Å²) in [5.41, 5.74) is 2.56. The lowest BCUT2D eigenvalue weighted by molar-refractivity contribution is 0.0597. The molecule has 98 valence electrons. The van der Waals surface area contributed by atoms with Gasteiger partial charge in [-0.25, -0.2) is 4.79 Å². The lowest BCUT2D eigenvalue weighted by Crippen LogP contribution is -2.05. The van der Waals surface area contributed by atoms with Crippen LogP contribution in [0.5, 0.6) is 5.75 Å². The number of hydrogen-bond acceptors (Lipinski definition) is 3. The van der Waals surface area contributed by atoms with Crippen LogP contribution in [-0.4, -0.2) is 20.2 Å². The van der Waals surface area contributed by atoms with Crippen molar-refractivity contribution in [2.75, 3.05) is 14.2 Å². The summed E-state index contributed by atoms with van der Waals surface area (Å²) in [4.78, 5) is 11.7. The maximum Gasteiger partial charge on any atom is 0.341 e. The van der Waals surface area contributed by atoms with Gasteiger partial charge in [0.2, 0.25) is 0 Å². The Kier molecular flexibility index (Phi) is 4.42. The van der Waals surface area contributed by atoms with E-state index in [1.165, 1.54) is 7.11 Å². The monoisotopic (exact) mass is 368 g/mol. The fourth-order valence-electron chi connectivity index (χ4n) is 1.83. The second-order valence-corrected chi connectivity index (χ2v) is 5.05. The van der Waals surface area contributed by atoms with Crippen LogP contribution in [-0.2, 0) is 4.74 Å². The van der Waals surface area contributed by atoms with Crippen LogP contribution in [0.3, 0.4) is 0 Å². The molecule has 2 rings (SSSR count). The molecule has 0 amide bonds. The van der Waals surface area contributed by atoms with E-state index in [-0.39, 0.29) is 0 Å². The van der Waals surface area contributed by atoms with Crippen molar-refractivity contribution in [3.8, 4) is 16.9 Å². The second-order valence-electron chi connectivity index (χ2n) is 3.89. The Bertz CT molecular complexity index is 594. The van der Waals surface area contributed by atoms with Gasteiger partial charge in [0.15, 0.2) is 0 Å². The first-order chi connectivity index (χ1) is 9.17. The first-order valence-corrected chi connectivity index (χ1v) is 6.76. The molecule has 0 spiro atoms. The molecular formula is C15H13IO3. The molecule has 0 aliphatic rings. The highest BCUT2D eigenvalue weighted by Gasteiger charge is 2.16. The molecule has 0 heterocycles. The van der Waals surface area contributed by atoms with Gasteiger partial charge in [-0.15, -0.1) is 0 Å². The number of carbonyl (C=O) groups excluding carboxylic acids is 1. The zero-order chi connectivity index (χ0) is 13.8. The van der Waals surface area contributed by atoms with E-state index >= 15 is 0 Å². The topological polar surface area (TPSA) is 35.5 Å². The number of halogens is 1. The summed E-state index contributed by atoms with van der Waals surface area (Å²) >= 11 is 2.21. The van der Waals surface area contributed by atoms with Gasteiger partial charge in [-0.3, -0.25) is 0 Å². The van der Waals surface area contributed by atoms with Crippen molar-refractivity contribution in [1.82, 2.24) is 0 Å². The highest BCUT2D eigenvalue weighted by Crippen LogP contribution is 2.32. The Morgan fingerprint density at radius 3 is 2.37 bits per heavy atom. The Hall–Kier alpha value is -1.56. The van der Waals surface area contributed by atoms with E-state index in [0.29, 0.717) is 11.3 Å². The van der Waals surface area contributed by atoms with E-state index in [2.05, 4.69) is 22.6 Å².